The van der Waals surface area contributed by atoms with Gasteiger partial charge in [0, 0.05) is 36.7 Å². The van der Waals surface area contributed by atoms with Gasteiger partial charge in [-0.15, -0.1) is 0 Å². The second-order valence-electron chi connectivity index (χ2n) is 4.43. The largest absolute Gasteiger partial charge is 0.329 e. The molecule has 1 fully saturated rings. The Labute approximate surface area is 102 Å². The fourth-order valence-electron chi connectivity index (χ4n) is 1.99. The molecule has 2 nitrogen and oxygen atoms in total. The van der Waals surface area contributed by atoms with Gasteiger partial charge >= 0.3 is 0 Å². The van der Waals surface area contributed by atoms with Crippen LogP contribution in [-0.4, -0.2) is 35.0 Å². The van der Waals surface area contributed by atoms with Crippen molar-refractivity contribution < 1.29 is 0 Å². The van der Waals surface area contributed by atoms with Crippen molar-refractivity contribution in [3.8, 4) is 0 Å². The quantitative estimate of drug-likeness (QED) is 0.847. The van der Waals surface area contributed by atoms with E-state index in [1.165, 1.54) is 17.1 Å². The predicted molar refractivity (Wildman–Crippen MR) is 71.6 cm³/mol. The van der Waals surface area contributed by atoms with Gasteiger partial charge in [0.25, 0.3) is 0 Å². The Morgan fingerprint density at radius 2 is 2.06 bits per heavy atom. The summed E-state index contributed by atoms with van der Waals surface area (Å²) in [6.07, 6.45) is 0. The van der Waals surface area contributed by atoms with Crippen molar-refractivity contribution in [2.75, 3.05) is 18.1 Å². The fourth-order valence-corrected chi connectivity index (χ4v) is 2.82. The smallest absolute Gasteiger partial charge is 0.0283 e. The molecular weight excluding hydrogens is 216 g/mol. The van der Waals surface area contributed by atoms with Crippen LogP contribution in [0.1, 0.15) is 12.5 Å². The van der Waals surface area contributed by atoms with Crippen LogP contribution in [0.2, 0.25) is 0 Å². The summed E-state index contributed by atoms with van der Waals surface area (Å²) in [5.41, 5.74) is 7.18. The van der Waals surface area contributed by atoms with Crippen molar-refractivity contribution >= 4 is 11.8 Å². The van der Waals surface area contributed by atoms with E-state index in [4.69, 9.17) is 5.73 Å². The minimum absolute atomic E-state index is 0.478. The fraction of sp³-hybridized carbons (Fsp3) is 0.538. The van der Waals surface area contributed by atoms with E-state index in [0.717, 1.165) is 19.1 Å². The lowest BCUT2D eigenvalue weighted by Gasteiger charge is -2.40. The van der Waals surface area contributed by atoms with Gasteiger partial charge < -0.3 is 5.73 Å². The number of benzene rings is 1. The molecule has 0 radical (unpaired) electrons. The highest BCUT2D eigenvalue weighted by Crippen LogP contribution is 2.26. The van der Waals surface area contributed by atoms with Gasteiger partial charge in [-0.2, -0.15) is 11.8 Å². The number of hydrogen-bond acceptors (Lipinski definition) is 3. The summed E-state index contributed by atoms with van der Waals surface area (Å²) in [6.45, 7) is 4.00. The first-order valence-electron chi connectivity index (χ1n) is 5.88. The Morgan fingerprint density at radius 3 is 2.56 bits per heavy atom. The Balaban J connectivity index is 2.01. The number of hydrogen-bond donors (Lipinski definition) is 1. The standard InChI is InChI=1S/C13H20N2S/c1-11(7-14)15(13-9-16-10-13)8-12-5-3-2-4-6-12/h2-6,11,13H,7-10,14H2,1H3. The van der Waals surface area contributed by atoms with Gasteiger partial charge in [-0.25, -0.2) is 0 Å². The first kappa shape index (κ1) is 12.0. The molecule has 88 valence electrons. The van der Waals surface area contributed by atoms with Crippen LogP contribution in [0.5, 0.6) is 0 Å². The average molecular weight is 236 g/mol. The van der Waals surface area contributed by atoms with Crippen LogP contribution >= 0.6 is 11.8 Å². The van der Waals surface area contributed by atoms with E-state index in [0.29, 0.717) is 6.04 Å². The van der Waals surface area contributed by atoms with Gasteiger partial charge in [0.15, 0.2) is 0 Å². The summed E-state index contributed by atoms with van der Waals surface area (Å²) in [5, 5.41) is 0. The van der Waals surface area contributed by atoms with E-state index >= 15 is 0 Å². The topological polar surface area (TPSA) is 29.3 Å². The zero-order valence-corrected chi connectivity index (χ0v) is 10.6. The third kappa shape index (κ3) is 2.78. The van der Waals surface area contributed by atoms with E-state index in [9.17, 15) is 0 Å². The van der Waals surface area contributed by atoms with E-state index < -0.39 is 0 Å². The molecule has 0 saturated carbocycles. The molecule has 3 heteroatoms. The van der Waals surface area contributed by atoms with E-state index in [-0.39, 0.29) is 0 Å². The molecule has 1 unspecified atom stereocenters. The van der Waals surface area contributed by atoms with Crippen molar-refractivity contribution in [2.45, 2.75) is 25.6 Å². The molecule has 2 N–H and O–H groups in total. The van der Waals surface area contributed by atoms with E-state index in [1.54, 1.807) is 0 Å². The average Bonchev–Trinajstić information content (AvgIpc) is 2.26. The molecule has 0 spiro atoms. The minimum atomic E-state index is 0.478. The summed E-state index contributed by atoms with van der Waals surface area (Å²) >= 11 is 2.03. The maximum absolute atomic E-state index is 5.79. The maximum Gasteiger partial charge on any atom is 0.0283 e. The Kier molecular flexibility index (Phi) is 4.27. The normalized spacial score (nSPS) is 18.4. The van der Waals surface area contributed by atoms with Gasteiger partial charge in [-0.1, -0.05) is 30.3 Å². The molecule has 1 saturated heterocycles. The van der Waals surface area contributed by atoms with E-state index in [1.807, 2.05) is 11.8 Å². The molecule has 1 aromatic carbocycles. The second kappa shape index (κ2) is 5.71. The van der Waals surface area contributed by atoms with Crippen molar-refractivity contribution in [2.24, 2.45) is 5.73 Å². The van der Waals surface area contributed by atoms with Crippen molar-refractivity contribution in [1.82, 2.24) is 4.90 Å². The van der Waals surface area contributed by atoms with Gasteiger partial charge in [-0.3, -0.25) is 4.90 Å². The second-order valence-corrected chi connectivity index (χ2v) is 5.51. The Hall–Kier alpha value is -0.510. The van der Waals surface area contributed by atoms with Crippen LogP contribution in [-0.2, 0) is 6.54 Å². The summed E-state index contributed by atoms with van der Waals surface area (Å²) < 4.78 is 0. The molecule has 1 aromatic rings. The molecule has 0 bridgehead atoms. The molecule has 1 heterocycles. The van der Waals surface area contributed by atoms with Gasteiger partial charge in [0.1, 0.15) is 0 Å². The molecule has 1 aliphatic heterocycles. The summed E-state index contributed by atoms with van der Waals surface area (Å²) in [5.74, 6) is 2.52. The summed E-state index contributed by atoms with van der Waals surface area (Å²) in [6, 6.07) is 11.9. The Bertz CT molecular complexity index is 306. The first-order chi connectivity index (χ1) is 7.81. The van der Waals surface area contributed by atoms with Crippen molar-refractivity contribution in [3.63, 3.8) is 0 Å². The minimum Gasteiger partial charge on any atom is -0.329 e. The van der Waals surface area contributed by atoms with Gasteiger partial charge in [0.05, 0.1) is 0 Å². The van der Waals surface area contributed by atoms with Gasteiger partial charge in [0.2, 0.25) is 0 Å². The third-order valence-corrected chi connectivity index (χ3v) is 4.45. The number of thioether (sulfide) groups is 1. The molecule has 1 atom stereocenters. The number of rotatable bonds is 5. The molecule has 16 heavy (non-hydrogen) atoms. The summed E-state index contributed by atoms with van der Waals surface area (Å²) in [4.78, 5) is 2.55. The van der Waals surface area contributed by atoms with Crippen LogP contribution in [0.3, 0.4) is 0 Å². The molecule has 0 amide bonds. The highest BCUT2D eigenvalue weighted by atomic mass is 32.2. The highest BCUT2D eigenvalue weighted by Gasteiger charge is 2.28. The third-order valence-electron chi connectivity index (χ3n) is 3.20. The lowest BCUT2D eigenvalue weighted by atomic mass is 10.1. The van der Waals surface area contributed by atoms with Crippen molar-refractivity contribution in [3.05, 3.63) is 35.9 Å². The predicted octanol–water partition coefficient (Wildman–Crippen LogP) is 1.95. The SMILES string of the molecule is CC(CN)N(Cc1ccccc1)C1CSC1. The molecule has 0 aliphatic carbocycles. The van der Waals surface area contributed by atoms with E-state index in [2.05, 4.69) is 42.2 Å². The summed E-state index contributed by atoms with van der Waals surface area (Å²) in [7, 11) is 0. The monoisotopic (exact) mass is 236 g/mol. The van der Waals surface area contributed by atoms with Gasteiger partial charge in [-0.05, 0) is 12.5 Å². The highest BCUT2D eigenvalue weighted by molar-refractivity contribution is 8.00. The van der Waals surface area contributed by atoms with Crippen LogP contribution in [0.25, 0.3) is 0 Å². The molecule has 1 aliphatic rings. The van der Waals surface area contributed by atoms with Crippen LogP contribution in [0.4, 0.5) is 0 Å². The zero-order chi connectivity index (χ0) is 11.4. The molecular formula is C13H20N2S. The zero-order valence-electron chi connectivity index (χ0n) is 9.80. The number of nitrogens with zero attached hydrogens (tertiary/aromatic N) is 1. The lowest BCUT2D eigenvalue weighted by molar-refractivity contribution is 0.158. The molecule has 2 rings (SSSR count). The lowest BCUT2D eigenvalue weighted by Crippen LogP contribution is -2.50. The number of nitrogens with two attached hydrogens (primary N) is 1. The maximum atomic E-state index is 5.79. The molecule has 0 aromatic heterocycles. The first-order valence-corrected chi connectivity index (χ1v) is 7.04. The van der Waals surface area contributed by atoms with Crippen LogP contribution in [0.15, 0.2) is 30.3 Å². The van der Waals surface area contributed by atoms with Crippen LogP contribution < -0.4 is 5.73 Å². The van der Waals surface area contributed by atoms with Crippen molar-refractivity contribution in [1.29, 1.82) is 0 Å². The Morgan fingerprint density at radius 1 is 1.38 bits per heavy atom. The van der Waals surface area contributed by atoms with Crippen LogP contribution in [0, 0.1) is 0 Å².